The Morgan fingerprint density at radius 1 is 1.50 bits per heavy atom. The average Bonchev–Trinajstić information content (AvgIpc) is 2.39. The fourth-order valence-electron chi connectivity index (χ4n) is 2.10. The molecule has 4 nitrogen and oxygen atoms in total. The maximum atomic E-state index is 12.0. The highest BCUT2D eigenvalue weighted by molar-refractivity contribution is 7.58. The molecule has 2 atom stereocenters. The first kappa shape index (κ1) is 17.4. The van der Waals surface area contributed by atoms with Crippen LogP contribution in [-0.2, 0) is 15.5 Å². The Morgan fingerprint density at radius 2 is 2.25 bits per heavy atom. The number of nitrogens with one attached hydrogen (secondary N) is 1. The number of hydrogen-bond acceptors (Lipinski definition) is 4. The third-order valence-electron chi connectivity index (χ3n) is 3.39. The molecule has 0 spiro atoms. The quantitative estimate of drug-likeness (QED) is 0.711. The van der Waals surface area contributed by atoms with E-state index in [9.17, 15) is 4.57 Å². The molecule has 1 aromatic heterocycles. The van der Waals surface area contributed by atoms with E-state index in [1.807, 2.05) is 19.3 Å². The molecule has 5 heteroatoms. The predicted octanol–water partition coefficient (Wildman–Crippen LogP) is 3.25. The zero-order valence-electron chi connectivity index (χ0n) is 13.1. The molecule has 2 unspecified atom stereocenters. The van der Waals surface area contributed by atoms with E-state index in [2.05, 4.69) is 30.2 Å². The molecule has 0 fully saturated rings. The van der Waals surface area contributed by atoms with Gasteiger partial charge in [-0.25, -0.2) is 0 Å². The monoisotopic (exact) mass is 298 g/mol. The molecule has 1 rings (SSSR count). The predicted molar refractivity (Wildman–Crippen MR) is 84.8 cm³/mol. The molecule has 0 saturated carbocycles. The van der Waals surface area contributed by atoms with Gasteiger partial charge < -0.3 is 9.84 Å². The average molecular weight is 298 g/mol. The van der Waals surface area contributed by atoms with E-state index >= 15 is 0 Å². The van der Waals surface area contributed by atoms with Crippen molar-refractivity contribution in [3.05, 3.63) is 29.6 Å². The summed E-state index contributed by atoms with van der Waals surface area (Å²) in [7, 11) is -2.39. The van der Waals surface area contributed by atoms with E-state index in [-0.39, 0.29) is 0 Å². The second kappa shape index (κ2) is 8.56. The standard InChI is InChI=1S/C15H27N2O2P/c1-5-19-20(4,18)11-8-14(3)17-10-7-15-6-9-16-12-13(15)2/h6,9,12,14,17H,5,7-8,10-11H2,1-4H3. The van der Waals surface area contributed by atoms with E-state index in [1.165, 1.54) is 11.1 Å². The molecule has 1 N–H and O–H groups in total. The van der Waals surface area contributed by atoms with Gasteiger partial charge in [-0.15, -0.1) is 0 Å². The Kier molecular flexibility index (Phi) is 7.42. The molecule has 0 saturated heterocycles. The summed E-state index contributed by atoms with van der Waals surface area (Å²) in [4.78, 5) is 4.10. The van der Waals surface area contributed by atoms with Crippen LogP contribution in [-0.4, -0.2) is 37.0 Å². The Bertz CT molecular complexity index is 451. The van der Waals surface area contributed by atoms with Crippen molar-refractivity contribution < 1.29 is 9.09 Å². The Labute approximate surface area is 122 Å². The first-order valence-electron chi connectivity index (χ1n) is 7.28. The molecule has 0 aliphatic carbocycles. The summed E-state index contributed by atoms with van der Waals surface area (Å²) in [6, 6.07) is 2.42. The van der Waals surface area contributed by atoms with Gasteiger partial charge >= 0.3 is 0 Å². The van der Waals surface area contributed by atoms with Crippen molar-refractivity contribution in [3.63, 3.8) is 0 Å². The van der Waals surface area contributed by atoms with Gasteiger partial charge in [0.15, 0.2) is 7.37 Å². The zero-order valence-corrected chi connectivity index (χ0v) is 14.0. The molecule has 0 radical (unpaired) electrons. The van der Waals surface area contributed by atoms with Crippen molar-refractivity contribution in [1.82, 2.24) is 10.3 Å². The maximum absolute atomic E-state index is 12.0. The van der Waals surface area contributed by atoms with Crippen LogP contribution < -0.4 is 5.32 Å². The lowest BCUT2D eigenvalue weighted by Crippen LogP contribution is -2.29. The van der Waals surface area contributed by atoms with Crippen molar-refractivity contribution >= 4 is 7.37 Å². The van der Waals surface area contributed by atoms with Crippen molar-refractivity contribution in [2.45, 2.75) is 39.7 Å². The Morgan fingerprint density at radius 3 is 2.90 bits per heavy atom. The molecular weight excluding hydrogens is 271 g/mol. The summed E-state index contributed by atoms with van der Waals surface area (Å²) in [5.41, 5.74) is 2.56. The molecule has 1 heterocycles. The van der Waals surface area contributed by atoms with Crippen LogP contribution in [0.4, 0.5) is 0 Å². The van der Waals surface area contributed by atoms with Crippen LogP contribution in [0.25, 0.3) is 0 Å². The number of hydrogen-bond donors (Lipinski definition) is 1. The summed E-state index contributed by atoms with van der Waals surface area (Å²) >= 11 is 0. The first-order valence-corrected chi connectivity index (χ1v) is 9.54. The van der Waals surface area contributed by atoms with E-state index in [1.54, 1.807) is 6.66 Å². The van der Waals surface area contributed by atoms with Crippen molar-refractivity contribution in [2.75, 3.05) is 26.0 Å². The van der Waals surface area contributed by atoms with Crippen LogP contribution in [0, 0.1) is 6.92 Å². The van der Waals surface area contributed by atoms with E-state index < -0.39 is 7.37 Å². The van der Waals surface area contributed by atoms with Gasteiger partial charge in [-0.3, -0.25) is 9.55 Å². The maximum Gasteiger partial charge on any atom is 0.200 e. The van der Waals surface area contributed by atoms with Gasteiger partial charge in [0.1, 0.15) is 0 Å². The van der Waals surface area contributed by atoms with Crippen LogP contribution in [0.1, 0.15) is 31.4 Å². The topological polar surface area (TPSA) is 51.2 Å². The summed E-state index contributed by atoms with van der Waals surface area (Å²) in [5.74, 6) is 0. The molecule has 1 aromatic rings. The lowest BCUT2D eigenvalue weighted by atomic mass is 10.1. The van der Waals surface area contributed by atoms with Gasteiger partial charge in [-0.1, -0.05) is 0 Å². The van der Waals surface area contributed by atoms with Crippen molar-refractivity contribution in [3.8, 4) is 0 Å². The second-order valence-corrected chi connectivity index (χ2v) is 8.09. The lowest BCUT2D eigenvalue weighted by molar-refractivity contribution is 0.335. The minimum absolute atomic E-state index is 0.353. The molecule has 0 aliphatic heterocycles. The van der Waals surface area contributed by atoms with Crippen LogP contribution in [0.15, 0.2) is 18.5 Å². The lowest BCUT2D eigenvalue weighted by Gasteiger charge is -2.17. The van der Waals surface area contributed by atoms with Gasteiger partial charge in [0, 0.05) is 31.3 Å². The fraction of sp³-hybridized carbons (Fsp3) is 0.667. The highest BCUT2D eigenvalue weighted by atomic mass is 31.2. The summed E-state index contributed by atoms with van der Waals surface area (Å²) in [6.07, 6.45) is 6.25. The number of pyridine rings is 1. The van der Waals surface area contributed by atoms with Gasteiger partial charge in [-0.2, -0.15) is 0 Å². The minimum Gasteiger partial charge on any atom is -0.329 e. The SMILES string of the molecule is CCOP(C)(=O)CCC(C)NCCc1ccncc1C. The molecule has 114 valence electrons. The van der Waals surface area contributed by atoms with Crippen molar-refractivity contribution in [1.29, 1.82) is 0 Å². The van der Waals surface area contributed by atoms with Gasteiger partial charge in [-0.05, 0) is 57.4 Å². The molecule has 20 heavy (non-hydrogen) atoms. The number of nitrogens with zero attached hydrogens (tertiary/aromatic N) is 1. The summed E-state index contributed by atoms with van der Waals surface area (Å²) in [5, 5.41) is 3.48. The smallest absolute Gasteiger partial charge is 0.200 e. The fourth-order valence-corrected chi connectivity index (χ4v) is 3.64. The van der Waals surface area contributed by atoms with E-state index in [4.69, 9.17) is 4.52 Å². The van der Waals surface area contributed by atoms with Gasteiger partial charge in [0.05, 0.1) is 6.61 Å². The summed E-state index contributed by atoms with van der Waals surface area (Å²) in [6.45, 7) is 9.27. The van der Waals surface area contributed by atoms with E-state index in [0.717, 1.165) is 19.4 Å². The van der Waals surface area contributed by atoms with Crippen LogP contribution >= 0.6 is 7.37 Å². The highest BCUT2D eigenvalue weighted by Crippen LogP contribution is 2.42. The summed E-state index contributed by atoms with van der Waals surface area (Å²) < 4.78 is 17.3. The van der Waals surface area contributed by atoms with Crippen LogP contribution in [0.2, 0.25) is 0 Å². The second-order valence-electron chi connectivity index (χ2n) is 5.35. The molecule has 0 bridgehead atoms. The third-order valence-corrected chi connectivity index (χ3v) is 5.27. The van der Waals surface area contributed by atoms with Crippen molar-refractivity contribution in [2.24, 2.45) is 0 Å². The van der Waals surface area contributed by atoms with Gasteiger partial charge in [0.25, 0.3) is 0 Å². The normalized spacial score (nSPS) is 15.8. The Hall–Kier alpha value is -0.700. The zero-order chi connectivity index (χ0) is 15.0. The van der Waals surface area contributed by atoms with Crippen LogP contribution in [0.5, 0.6) is 0 Å². The van der Waals surface area contributed by atoms with E-state index in [0.29, 0.717) is 18.8 Å². The molecule has 0 amide bonds. The Balaban J connectivity index is 2.25. The number of aromatic nitrogens is 1. The first-order chi connectivity index (χ1) is 9.44. The molecular formula is C15H27N2O2P. The molecule has 0 aromatic carbocycles. The molecule has 0 aliphatic rings. The number of rotatable bonds is 9. The third kappa shape index (κ3) is 6.65. The highest BCUT2D eigenvalue weighted by Gasteiger charge is 2.16. The number of aryl methyl sites for hydroxylation is 1. The van der Waals surface area contributed by atoms with Gasteiger partial charge in [0.2, 0.25) is 0 Å². The minimum atomic E-state index is -2.39. The van der Waals surface area contributed by atoms with Crippen LogP contribution in [0.3, 0.4) is 0 Å². The largest absolute Gasteiger partial charge is 0.329 e.